The Hall–Kier alpha value is -1.39. The Labute approximate surface area is 127 Å². The van der Waals surface area contributed by atoms with Crippen LogP contribution in [0.2, 0.25) is 0 Å². The summed E-state index contributed by atoms with van der Waals surface area (Å²) in [6.07, 6.45) is 1.68. The molecule has 2 rings (SSSR count). The molecule has 0 bridgehead atoms. The van der Waals surface area contributed by atoms with Gasteiger partial charge in [-0.3, -0.25) is 4.79 Å². The lowest BCUT2D eigenvalue weighted by atomic mass is 9.78. The average molecular weight is 290 g/mol. The molecule has 1 aromatic rings. The Morgan fingerprint density at radius 2 is 1.95 bits per heavy atom. The van der Waals surface area contributed by atoms with Crippen LogP contribution in [0.3, 0.4) is 0 Å². The Bertz CT molecular complexity index is 450. The lowest BCUT2D eigenvalue weighted by Gasteiger charge is -2.40. The van der Waals surface area contributed by atoms with E-state index in [1.54, 1.807) is 7.11 Å². The zero-order valence-corrected chi connectivity index (χ0v) is 13.3. The van der Waals surface area contributed by atoms with Crippen molar-refractivity contribution in [2.75, 3.05) is 33.9 Å². The van der Waals surface area contributed by atoms with Crippen LogP contribution >= 0.6 is 0 Å². The molecular weight excluding hydrogens is 264 g/mol. The number of amides is 1. The number of carbonyl (C=O) groups is 1. The van der Waals surface area contributed by atoms with Gasteiger partial charge in [0.15, 0.2) is 0 Å². The fourth-order valence-corrected chi connectivity index (χ4v) is 3.11. The molecule has 0 radical (unpaired) electrons. The van der Waals surface area contributed by atoms with Crippen molar-refractivity contribution in [3.63, 3.8) is 0 Å². The number of hydrogen-bond acceptors (Lipinski definition) is 3. The van der Waals surface area contributed by atoms with E-state index in [2.05, 4.69) is 24.4 Å². The van der Waals surface area contributed by atoms with E-state index in [1.807, 2.05) is 30.1 Å². The normalized spacial score (nSPS) is 19.0. The molecular formula is C17H26N2O2. The smallest absolute Gasteiger partial charge is 0.231 e. The SMILES string of the molecule is COCC1(C(=O)N(C)C(C)c2ccccc2)CCNCC1. The maximum Gasteiger partial charge on any atom is 0.231 e. The summed E-state index contributed by atoms with van der Waals surface area (Å²) in [4.78, 5) is 14.9. The van der Waals surface area contributed by atoms with Gasteiger partial charge in [-0.25, -0.2) is 0 Å². The summed E-state index contributed by atoms with van der Waals surface area (Å²) < 4.78 is 5.37. The molecule has 1 unspecified atom stereocenters. The van der Waals surface area contributed by atoms with Crippen LogP contribution in [-0.2, 0) is 9.53 Å². The quantitative estimate of drug-likeness (QED) is 0.904. The first-order valence-electron chi connectivity index (χ1n) is 7.62. The van der Waals surface area contributed by atoms with Crippen LogP contribution in [0.25, 0.3) is 0 Å². The maximum atomic E-state index is 13.0. The van der Waals surface area contributed by atoms with Gasteiger partial charge < -0.3 is 15.0 Å². The van der Waals surface area contributed by atoms with Crippen LogP contribution in [0, 0.1) is 5.41 Å². The van der Waals surface area contributed by atoms with Gasteiger partial charge in [0, 0.05) is 14.2 Å². The van der Waals surface area contributed by atoms with Gasteiger partial charge in [0.1, 0.15) is 0 Å². The molecule has 1 fully saturated rings. The number of rotatable bonds is 5. The standard InChI is InChI=1S/C17H26N2O2/c1-14(15-7-5-4-6-8-15)19(2)16(20)17(13-21-3)9-11-18-12-10-17/h4-8,14,18H,9-13H2,1-3H3. The zero-order chi connectivity index (χ0) is 15.3. The summed E-state index contributed by atoms with van der Waals surface area (Å²) in [5, 5.41) is 3.33. The molecule has 1 N–H and O–H groups in total. The summed E-state index contributed by atoms with van der Waals surface area (Å²) in [5.41, 5.74) is 0.785. The number of methoxy groups -OCH3 is 1. The van der Waals surface area contributed by atoms with Crippen LogP contribution in [-0.4, -0.2) is 44.7 Å². The molecule has 1 heterocycles. The van der Waals surface area contributed by atoms with Gasteiger partial charge in [0.05, 0.1) is 18.1 Å². The van der Waals surface area contributed by atoms with Crippen molar-refractivity contribution in [1.29, 1.82) is 0 Å². The number of piperidine rings is 1. The van der Waals surface area contributed by atoms with E-state index in [-0.39, 0.29) is 17.4 Å². The maximum absolute atomic E-state index is 13.0. The number of benzene rings is 1. The fourth-order valence-electron chi connectivity index (χ4n) is 3.11. The molecule has 0 saturated carbocycles. The number of carbonyl (C=O) groups excluding carboxylic acids is 1. The molecule has 1 aliphatic rings. The highest BCUT2D eigenvalue weighted by Gasteiger charge is 2.42. The van der Waals surface area contributed by atoms with Crippen molar-refractivity contribution >= 4 is 5.91 Å². The molecule has 1 saturated heterocycles. The van der Waals surface area contributed by atoms with Crippen molar-refractivity contribution in [1.82, 2.24) is 10.2 Å². The van der Waals surface area contributed by atoms with Gasteiger partial charge in [-0.1, -0.05) is 30.3 Å². The van der Waals surface area contributed by atoms with Crippen molar-refractivity contribution < 1.29 is 9.53 Å². The van der Waals surface area contributed by atoms with E-state index in [4.69, 9.17) is 4.74 Å². The third-order valence-corrected chi connectivity index (χ3v) is 4.62. The van der Waals surface area contributed by atoms with Crippen LogP contribution in [0.5, 0.6) is 0 Å². The van der Waals surface area contributed by atoms with Gasteiger partial charge in [-0.05, 0) is 38.4 Å². The lowest BCUT2D eigenvalue weighted by Crippen LogP contribution is -2.51. The molecule has 21 heavy (non-hydrogen) atoms. The Morgan fingerprint density at radius 3 is 2.52 bits per heavy atom. The molecule has 116 valence electrons. The molecule has 1 atom stereocenters. The molecule has 1 amide bonds. The number of nitrogens with zero attached hydrogens (tertiary/aromatic N) is 1. The predicted molar refractivity (Wildman–Crippen MR) is 84.0 cm³/mol. The minimum absolute atomic E-state index is 0.0716. The second-order valence-corrected chi connectivity index (χ2v) is 5.97. The summed E-state index contributed by atoms with van der Waals surface area (Å²) >= 11 is 0. The van der Waals surface area contributed by atoms with Gasteiger partial charge in [-0.15, -0.1) is 0 Å². The Morgan fingerprint density at radius 1 is 1.33 bits per heavy atom. The van der Waals surface area contributed by atoms with Crippen LogP contribution in [0.15, 0.2) is 30.3 Å². The largest absolute Gasteiger partial charge is 0.384 e. The van der Waals surface area contributed by atoms with Gasteiger partial charge in [-0.2, -0.15) is 0 Å². The molecule has 0 aromatic heterocycles. The second kappa shape index (κ2) is 7.05. The van der Waals surface area contributed by atoms with Crippen LogP contribution in [0.4, 0.5) is 0 Å². The van der Waals surface area contributed by atoms with Gasteiger partial charge >= 0.3 is 0 Å². The Kier molecular flexibility index (Phi) is 5.37. The van der Waals surface area contributed by atoms with E-state index < -0.39 is 0 Å². The first kappa shape index (κ1) is 16.0. The highest BCUT2D eigenvalue weighted by molar-refractivity contribution is 5.83. The summed E-state index contributed by atoms with van der Waals surface area (Å²) in [5.74, 6) is 0.196. The van der Waals surface area contributed by atoms with E-state index in [0.29, 0.717) is 6.61 Å². The average Bonchev–Trinajstić information content (AvgIpc) is 2.54. The van der Waals surface area contributed by atoms with Crippen LogP contribution < -0.4 is 5.32 Å². The van der Waals surface area contributed by atoms with Crippen LogP contribution in [0.1, 0.15) is 31.4 Å². The fraction of sp³-hybridized carbons (Fsp3) is 0.588. The van der Waals surface area contributed by atoms with Crippen molar-refractivity contribution in [3.8, 4) is 0 Å². The first-order valence-corrected chi connectivity index (χ1v) is 7.62. The first-order chi connectivity index (χ1) is 10.1. The third-order valence-electron chi connectivity index (χ3n) is 4.62. The third kappa shape index (κ3) is 3.44. The minimum atomic E-state index is -0.377. The minimum Gasteiger partial charge on any atom is -0.384 e. The van der Waals surface area contributed by atoms with Gasteiger partial charge in [0.2, 0.25) is 5.91 Å². The second-order valence-electron chi connectivity index (χ2n) is 5.97. The van der Waals surface area contributed by atoms with Crippen molar-refractivity contribution in [2.24, 2.45) is 5.41 Å². The predicted octanol–water partition coefficient (Wildman–Crippen LogP) is 2.22. The summed E-state index contributed by atoms with van der Waals surface area (Å²) in [7, 11) is 3.58. The van der Waals surface area contributed by atoms with Crippen molar-refractivity contribution in [3.05, 3.63) is 35.9 Å². The number of hydrogen-bond donors (Lipinski definition) is 1. The lowest BCUT2D eigenvalue weighted by molar-refractivity contribution is -0.148. The summed E-state index contributed by atoms with van der Waals surface area (Å²) in [6.45, 7) is 4.33. The van der Waals surface area contributed by atoms with E-state index in [0.717, 1.165) is 31.5 Å². The number of ether oxygens (including phenoxy) is 1. The Balaban J connectivity index is 2.16. The highest BCUT2D eigenvalue weighted by Crippen LogP contribution is 2.34. The van der Waals surface area contributed by atoms with Gasteiger partial charge in [0.25, 0.3) is 0 Å². The van der Waals surface area contributed by atoms with E-state index >= 15 is 0 Å². The number of nitrogens with one attached hydrogen (secondary N) is 1. The monoisotopic (exact) mass is 290 g/mol. The zero-order valence-electron chi connectivity index (χ0n) is 13.3. The topological polar surface area (TPSA) is 41.6 Å². The molecule has 1 aliphatic heterocycles. The summed E-state index contributed by atoms with van der Waals surface area (Å²) in [6, 6.07) is 10.2. The van der Waals surface area contributed by atoms with E-state index in [9.17, 15) is 4.79 Å². The molecule has 0 spiro atoms. The molecule has 4 nitrogen and oxygen atoms in total. The van der Waals surface area contributed by atoms with Crippen molar-refractivity contribution in [2.45, 2.75) is 25.8 Å². The van der Waals surface area contributed by atoms with E-state index in [1.165, 1.54) is 0 Å². The highest BCUT2D eigenvalue weighted by atomic mass is 16.5. The molecule has 4 heteroatoms. The molecule has 1 aromatic carbocycles. The molecule has 0 aliphatic carbocycles.